The van der Waals surface area contributed by atoms with E-state index in [4.69, 9.17) is 4.74 Å². The molecule has 0 aromatic heterocycles. The van der Waals surface area contributed by atoms with Crippen molar-refractivity contribution in [3.05, 3.63) is 35.6 Å². The molecule has 2 atom stereocenters. The minimum atomic E-state index is -0.259. The number of carbonyl (C=O) groups is 1. The molecular weight excluding hydrogens is 345 g/mol. The number of hydrogen-bond acceptors (Lipinski definition) is 4. The lowest BCUT2D eigenvalue weighted by atomic mass is 9.96. The third-order valence-electron chi connectivity index (χ3n) is 5.26. The maximum Gasteiger partial charge on any atom is 0.234 e. The minimum absolute atomic E-state index is 0.0319. The zero-order chi connectivity index (χ0) is 19.8. The van der Waals surface area contributed by atoms with Gasteiger partial charge in [0.15, 0.2) is 0 Å². The number of carbonyl (C=O) groups excluding carboxylic acids is 1. The molecule has 0 spiro atoms. The van der Waals surface area contributed by atoms with Gasteiger partial charge in [-0.3, -0.25) is 9.69 Å². The minimum Gasteiger partial charge on any atom is -0.383 e. The molecule has 1 amide bonds. The molecule has 0 radical (unpaired) electrons. The maximum absolute atomic E-state index is 13.2. The van der Waals surface area contributed by atoms with E-state index in [1.165, 1.54) is 12.1 Å². The second-order valence-corrected chi connectivity index (χ2v) is 7.86. The average Bonchev–Trinajstić information content (AvgIpc) is 3.05. The Balaban J connectivity index is 1.91. The van der Waals surface area contributed by atoms with Crippen LogP contribution in [0.3, 0.4) is 0 Å². The number of amides is 1. The fourth-order valence-electron chi connectivity index (χ4n) is 3.72. The van der Waals surface area contributed by atoms with E-state index in [0.717, 1.165) is 44.6 Å². The van der Waals surface area contributed by atoms with Gasteiger partial charge in [-0.1, -0.05) is 26.0 Å². The lowest BCUT2D eigenvalue weighted by Gasteiger charge is -2.29. The van der Waals surface area contributed by atoms with Gasteiger partial charge in [-0.2, -0.15) is 0 Å². The van der Waals surface area contributed by atoms with Crippen LogP contribution in [-0.2, 0) is 9.53 Å². The predicted octanol–water partition coefficient (Wildman–Crippen LogP) is 2.68. The summed E-state index contributed by atoms with van der Waals surface area (Å²) in [5.74, 6) is 0.00326. The first-order valence-corrected chi connectivity index (χ1v) is 9.87. The number of hydrogen-bond donors (Lipinski definition) is 1. The SMILES string of the molecule is COCCN(C)C[C@@H]1CCCN1CC(=O)N[C@H](c1ccc(F)cc1)C(C)C. The molecule has 0 bridgehead atoms. The quantitative estimate of drug-likeness (QED) is 0.679. The molecule has 1 aromatic carbocycles. The summed E-state index contributed by atoms with van der Waals surface area (Å²) in [6.45, 7) is 8.06. The summed E-state index contributed by atoms with van der Waals surface area (Å²) in [4.78, 5) is 17.2. The molecule has 5 nitrogen and oxygen atoms in total. The van der Waals surface area contributed by atoms with Crippen LogP contribution in [0.4, 0.5) is 4.39 Å². The molecule has 6 heteroatoms. The fraction of sp³-hybridized carbons (Fsp3) is 0.667. The van der Waals surface area contributed by atoms with Crippen molar-refractivity contribution < 1.29 is 13.9 Å². The second-order valence-electron chi connectivity index (χ2n) is 7.86. The van der Waals surface area contributed by atoms with Crippen LogP contribution in [0.1, 0.15) is 38.3 Å². The molecule has 0 saturated carbocycles. The second kappa shape index (κ2) is 10.7. The zero-order valence-electron chi connectivity index (χ0n) is 17.1. The summed E-state index contributed by atoms with van der Waals surface area (Å²) in [6, 6.07) is 6.70. The van der Waals surface area contributed by atoms with Crippen LogP contribution < -0.4 is 5.32 Å². The molecule has 2 rings (SSSR count). The van der Waals surface area contributed by atoms with Gasteiger partial charge in [-0.25, -0.2) is 4.39 Å². The number of halogens is 1. The van der Waals surface area contributed by atoms with E-state index in [1.807, 2.05) is 0 Å². The van der Waals surface area contributed by atoms with Crippen LogP contribution in [0.2, 0.25) is 0 Å². The van der Waals surface area contributed by atoms with Crippen LogP contribution in [0.5, 0.6) is 0 Å². The number of benzene rings is 1. The largest absolute Gasteiger partial charge is 0.383 e. The van der Waals surface area contributed by atoms with Gasteiger partial charge in [0.25, 0.3) is 0 Å². The van der Waals surface area contributed by atoms with Crippen molar-refractivity contribution in [3.63, 3.8) is 0 Å². The van der Waals surface area contributed by atoms with Crippen molar-refractivity contribution in [2.45, 2.75) is 38.8 Å². The highest BCUT2D eigenvalue weighted by Gasteiger charge is 2.28. The summed E-state index contributed by atoms with van der Waals surface area (Å²) in [6.07, 6.45) is 2.25. The summed E-state index contributed by atoms with van der Waals surface area (Å²) in [7, 11) is 3.81. The van der Waals surface area contributed by atoms with Crippen molar-refractivity contribution in [3.8, 4) is 0 Å². The number of likely N-dealkylation sites (tertiary alicyclic amines) is 1. The highest BCUT2D eigenvalue weighted by atomic mass is 19.1. The van der Waals surface area contributed by atoms with Gasteiger partial charge >= 0.3 is 0 Å². The van der Waals surface area contributed by atoms with E-state index in [0.29, 0.717) is 12.6 Å². The van der Waals surface area contributed by atoms with E-state index in [1.54, 1.807) is 19.2 Å². The van der Waals surface area contributed by atoms with Crippen LogP contribution in [-0.4, -0.2) is 68.7 Å². The van der Waals surface area contributed by atoms with Gasteiger partial charge in [0.05, 0.1) is 19.2 Å². The molecule has 1 fully saturated rings. The maximum atomic E-state index is 13.2. The van der Waals surface area contributed by atoms with E-state index in [-0.39, 0.29) is 23.7 Å². The smallest absolute Gasteiger partial charge is 0.234 e. The highest BCUT2D eigenvalue weighted by Crippen LogP contribution is 2.23. The summed E-state index contributed by atoms with van der Waals surface area (Å²) in [5.41, 5.74) is 0.942. The first-order chi connectivity index (χ1) is 12.9. The van der Waals surface area contributed by atoms with E-state index >= 15 is 0 Å². The molecule has 1 aliphatic heterocycles. The molecule has 1 aliphatic rings. The number of rotatable bonds is 10. The van der Waals surface area contributed by atoms with Gasteiger partial charge in [0.1, 0.15) is 5.82 Å². The summed E-state index contributed by atoms with van der Waals surface area (Å²) >= 11 is 0. The third-order valence-corrected chi connectivity index (χ3v) is 5.26. The van der Waals surface area contributed by atoms with Crippen LogP contribution in [0.15, 0.2) is 24.3 Å². The standard InChI is InChI=1S/C21H34FN3O2/c1-16(2)21(17-7-9-18(22)10-8-17)23-20(26)15-25-11-5-6-19(25)14-24(3)12-13-27-4/h7-10,16,19,21H,5-6,11-15H2,1-4H3,(H,23,26)/t19-,21-/m0/s1. The van der Waals surface area contributed by atoms with Gasteiger partial charge < -0.3 is 15.0 Å². The lowest BCUT2D eigenvalue weighted by Crippen LogP contribution is -2.45. The number of methoxy groups -OCH3 is 1. The molecule has 27 heavy (non-hydrogen) atoms. The first-order valence-electron chi connectivity index (χ1n) is 9.87. The topological polar surface area (TPSA) is 44.8 Å². The molecular formula is C21H34FN3O2. The van der Waals surface area contributed by atoms with Crippen molar-refractivity contribution >= 4 is 5.91 Å². The first kappa shape index (κ1) is 21.8. The number of likely N-dealkylation sites (N-methyl/N-ethyl adjacent to an activating group) is 1. The molecule has 1 heterocycles. The molecule has 1 aromatic rings. The van der Waals surface area contributed by atoms with Crippen LogP contribution in [0, 0.1) is 11.7 Å². The van der Waals surface area contributed by atoms with Crippen LogP contribution >= 0.6 is 0 Å². The van der Waals surface area contributed by atoms with Crippen molar-refractivity contribution in [2.24, 2.45) is 5.92 Å². The van der Waals surface area contributed by atoms with Gasteiger partial charge in [0, 0.05) is 26.2 Å². The fourth-order valence-corrected chi connectivity index (χ4v) is 3.72. The summed E-state index contributed by atoms with van der Waals surface area (Å²) in [5, 5.41) is 3.15. The summed E-state index contributed by atoms with van der Waals surface area (Å²) < 4.78 is 18.3. The highest BCUT2D eigenvalue weighted by molar-refractivity contribution is 5.78. The monoisotopic (exact) mass is 379 g/mol. The Morgan fingerprint density at radius 1 is 1.37 bits per heavy atom. The number of ether oxygens (including phenoxy) is 1. The average molecular weight is 380 g/mol. The van der Waals surface area contributed by atoms with Crippen molar-refractivity contribution in [1.82, 2.24) is 15.1 Å². The van der Waals surface area contributed by atoms with Gasteiger partial charge in [-0.15, -0.1) is 0 Å². The Morgan fingerprint density at radius 3 is 2.70 bits per heavy atom. The Bertz CT molecular complexity index is 579. The molecule has 152 valence electrons. The Labute approximate surface area is 162 Å². The van der Waals surface area contributed by atoms with Crippen molar-refractivity contribution in [1.29, 1.82) is 0 Å². The van der Waals surface area contributed by atoms with Crippen molar-refractivity contribution in [2.75, 3.05) is 46.9 Å². The Hall–Kier alpha value is -1.50. The predicted molar refractivity (Wildman–Crippen MR) is 106 cm³/mol. The lowest BCUT2D eigenvalue weighted by molar-refractivity contribution is -0.123. The van der Waals surface area contributed by atoms with E-state index < -0.39 is 0 Å². The van der Waals surface area contributed by atoms with E-state index in [2.05, 4.69) is 36.0 Å². The number of nitrogens with one attached hydrogen (secondary N) is 1. The van der Waals surface area contributed by atoms with Crippen LogP contribution in [0.25, 0.3) is 0 Å². The van der Waals surface area contributed by atoms with E-state index in [9.17, 15) is 9.18 Å². The Kier molecular flexibility index (Phi) is 8.67. The zero-order valence-corrected chi connectivity index (χ0v) is 17.1. The number of nitrogens with zero attached hydrogens (tertiary/aromatic N) is 2. The third kappa shape index (κ3) is 6.87. The molecule has 1 saturated heterocycles. The molecule has 0 unspecified atom stereocenters. The molecule has 0 aliphatic carbocycles. The van der Waals surface area contributed by atoms with Gasteiger partial charge in [-0.05, 0) is 50.0 Å². The van der Waals surface area contributed by atoms with Gasteiger partial charge in [0.2, 0.25) is 5.91 Å². The molecule has 1 N–H and O–H groups in total. The Morgan fingerprint density at radius 2 is 2.07 bits per heavy atom. The normalized spacial score (nSPS) is 19.0.